The van der Waals surface area contributed by atoms with Crippen molar-refractivity contribution in [1.29, 1.82) is 0 Å². The molecule has 5 heteroatoms. The normalized spacial score (nSPS) is 19.0. The van der Waals surface area contributed by atoms with E-state index in [4.69, 9.17) is 11.6 Å². The predicted octanol–water partition coefficient (Wildman–Crippen LogP) is 9.27. The molecule has 1 aliphatic carbocycles. The number of halogens is 5. The van der Waals surface area contributed by atoms with Crippen LogP contribution >= 0.6 is 11.6 Å². The molecule has 2 aromatic rings. The smallest absolute Gasteiger partial charge is 0.145 e. The summed E-state index contributed by atoms with van der Waals surface area (Å²) >= 11 is 5.46. The highest BCUT2D eigenvalue weighted by atomic mass is 35.5. The van der Waals surface area contributed by atoms with Crippen molar-refractivity contribution < 1.29 is 17.6 Å². The first-order valence-corrected chi connectivity index (χ1v) is 11.9. The van der Waals surface area contributed by atoms with E-state index in [0.717, 1.165) is 30.9 Å². The Hall–Kier alpha value is -1.55. The molecule has 170 valence electrons. The van der Waals surface area contributed by atoms with E-state index in [9.17, 15) is 17.6 Å². The third kappa shape index (κ3) is 6.47. The average Bonchev–Trinajstić information content (AvgIpc) is 2.73. The van der Waals surface area contributed by atoms with E-state index in [1.165, 1.54) is 63.5 Å². The minimum Gasteiger partial charge on any atom is -0.206 e. The lowest BCUT2D eigenvalue weighted by Crippen LogP contribution is -2.14. The number of aryl methyl sites for hydroxylation is 1. The van der Waals surface area contributed by atoms with Crippen LogP contribution in [0.3, 0.4) is 0 Å². The standard InChI is InChI=1S/C26H31ClF4/c1-2-3-4-6-17-9-11-18(12-10-17)7-5-8-19-13-21(28)25(22(29)14-19)20-15-23(30)26(27)24(31)16-20/h13-18H,2-12H2,1H3. The maximum atomic E-state index is 14.6. The molecule has 1 saturated carbocycles. The lowest BCUT2D eigenvalue weighted by molar-refractivity contribution is 0.246. The van der Waals surface area contributed by atoms with Gasteiger partial charge in [0.05, 0.1) is 5.56 Å². The molecule has 0 N–H and O–H groups in total. The van der Waals surface area contributed by atoms with Crippen LogP contribution in [0.25, 0.3) is 11.1 Å². The molecule has 0 atom stereocenters. The summed E-state index contributed by atoms with van der Waals surface area (Å²) in [6.07, 6.45) is 13.0. The van der Waals surface area contributed by atoms with E-state index in [0.29, 0.717) is 17.9 Å². The highest BCUT2D eigenvalue weighted by molar-refractivity contribution is 6.31. The molecule has 0 bridgehead atoms. The van der Waals surface area contributed by atoms with E-state index >= 15 is 0 Å². The van der Waals surface area contributed by atoms with E-state index in [1.54, 1.807) is 0 Å². The number of unbranched alkanes of at least 4 members (excludes halogenated alkanes) is 2. The third-order valence-corrected chi connectivity index (χ3v) is 7.00. The minimum atomic E-state index is -1.04. The Morgan fingerprint density at radius 2 is 1.26 bits per heavy atom. The van der Waals surface area contributed by atoms with E-state index in [2.05, 4.69) is 6.92 Å². The molecule has 0 amide bonds. The van der Waals surface area contributed by atoms with Crippen molar-refractivity contribution in [3.05, 3.63) is 58.1 Å². The second kappa shape index (κ2) is 11.4. The molecular weight excluding hydrogens is 424 g/mol. The van der Waals surface area contributed by atoms with Gasteiger partial charge in [-0.1, -0.05) is 76.3 Å². The number of hydrogen-bond donors (Lipinski definition) is 0. The molecule has 0 nitrogen and oxygen atoms in total. The molecule has 3 rings (SSSR count). The van der Waals surface area contributed by atoms with Crippen LogP contribution in [-0.4, -0.2) is 0 Å². The van der Waals surface area contributed by atoms with Gasteiger partial charge in [0.15, 0.2) is 0 Å². The Morgan fingerprint density at radius 1 is 0.742 bits per heavy atom. The van der Waals surface area contributed by atoms with Crippen molar-refractivity contribution in [2.45, 2.75) is 77.6 Å². The minimum absolute atomic E-state index is 0.198. The van der Waals surface area contributed by atoms with Crippen molar-refractivity contribution in [3.8, 4) is 11.1 Å². The summed E-state index contributed by atoms with van der Waals surface area (Å²) in [4.78, 5) is 0. The van der Waals surface area contributed by atoms with Crippen molar-refractivity contribution >= 4 is 11.6 Å². The predicted molar refractivity (Wildman–Crippen MR) is 119 cm³/mol. The van der Waals surface area contributed by atoms with Gasteiger partial charge in [0, 0.05) is 0 Å². The van der Waals surface area contributed by atoms with Crippen LogP contribution in [0.1, 0.15) is 76.7 Å². The van der Waals surface area contributed by atoms with Crippen LogP contribution < -0.4 is 0 Å². The number of benzene rings is 2. The first-order chi connectivity index (χ1) is 14.9. The van der Waals surface area contributed by atoms with E-state index < -0.39 is 33.9 Å². The Bertz CT molecular complexity index is 826. The molecule has 0 spiro atoms. The van der Waals surface area contributed by atoms with Crippen molar-refractivity contribution in [2.24, 2.45) is 11.8 Å². The molecule has 0 aromatic heterocycles. The summed E-state index contributed by atoms with van der Waals surface area (Å²) < 4.78 is 56.6. The van der Waals surface area contributed by atoms with Gasteiger partial charge in [-0.2, -0.15) is 0 Å². The highest BCUT2D eigenvalue weighted by Crippen LogP contribution is 2.35. The van der Waals surface area contributed by atoms with Crippen LogP contribution in [0.5, 0.6) is 0 Å². The van der Waals surface area contributed by atoms with Gasteiger partial charge < -0.3 is 0 Å². The van der Waals surface area contributed by atoms with Gasteiger partial charge in [-0.15, -0.1) is 0 Å². The summed E-state index contributed by atoms with van der Waals surface area (Å²) in [5, 5.41) is -0.684. The van der Waals surface area contributed by atoms with Gasteiger partial charge in [0.1, 0.15) is 28.3 Å². The second-order valence-corrected chi connectivity index (χ2v) is 9.34. The Kier molecular flexibility index (Phi) is 8.83. The third-order valence-electron chi connectivity index (χ3n) is 6.63. The summed E-state index contributed by atoms with van der Waals surface area (Å²) in [5.74, 6) is -2.14. The molecule has 0 heterocycles. The summed E-state index contributed by atoms with van der Waals surface area (Å²) in [6.45, 7) is 2.24. The fourth-order valence-corrected chi connectivity index (χ4v) is 4.94. The van der Waals surface area contributed by atoms with Crippen LogP contribution in [0, 0.1) is 35.1 Å². The van der Waals surface area contributed by atoms with E-state index in [1.807, 2.05) is 0 Å². The maximum absolute atomic E-state index is 14.6. The van der Waals surface area contributed by atoms with Gasteiger partial charge in [0.2, 0.25) is 0 Å². The lowest BCUT2D eigenvalue weighted by atomic mass is 9.78. The van der Waals surface area contributed by atoms with Gasteiger partial charge in [-0.3, -0.25) is 0 Å². The zero-order valence-corrected chi connectivity index (χ0v) is 18.9. The molecule has 0 aliphatic heterocycles. The maximum Gasteiger partial charge on any atom is 0.145 e. The first-order valence-electron chi connectivity index (χ1n) is 11.5. The molecule has 31 heavy (non-hydrogen) atoms. The van der Waals surface area contributed by atoms with Crippen molar-refractivity contribution in [1.82, 2.24) is 0 Å². The average molecular weight is 455 g/mol. The zero-order chi connectivity index (χ0) is 22.4. The molecular formula is C26H31ClF4. The van der Waals surface area contributed by atoms with Gasteiger partial charge >= 0.3 is 0 Å². The molecule has 0 saturated heterocycles. The molecule has 2 aromatic carbocycles. The summed E-state index contributed by atoms with van der Waals surface area (Å²) in [5.41, 5.74) is -0.0573. The monoisotopic (exact) mass is 454 g/mol. The molecule has 0 unspecified atom stereocenters. The first kappa shape index (κ1) is 24.1. The van der Waals surface area contributed by atoms with Gasteiger partial charge in [-0.05, 0) is 60.1 Å². The Balaban J connectivity index is 1.53. The molecule has 1 fully saturated rings. The number of hydrogen-bond acceptors (Lipinski definition) is 0. The largest absolute Gasteiger partial charge is 0.206 e. The topological polar surface area (TPSA) is 0 Å². The zero-order valence-electron chi connectivity index (χ0n) is 18.1. The Morgan fingerprint density at radius 3 is 1.77 bits per heavy atom. The number of rotatable bonds is 9. The van der Waals surface area contributed by atoms with Crippen LogP contribution in [0.15, 0.2) is 24.3 Å². The van der Waals surface area contributed by atoms with Gasteiger partial charge in [0.25, 0.3) is 0 Å². The fourth-order valence-electron chi connectivity index (χ4n) is 4.83. The summed E-state index contributed by atoms with van der Waals surface area (Å²) in [7, 11) is 0. The van der Waals surface area contributed by atoms with Crippen LogP contribution in [0.2, 0.25) is 5.02 Å². The Labute approximate surface area is 188 Å². The van der Waals surface area contributed by atoms with Gasteiger partial charge in [-0.25, -0.2) is 17.6 Å². The molecule has 0 radical (unpaired) electrons. The SMILES string of the molecule is CCCCCC1CCC(CCCc2cc(F)c(-c3cc(F)c(Cl)c(F)c3)c(F)c2)CC1. The quantitative estimate of drug-likeness (QED) is 0.201. The molecule has 1 aliphatic rings. The highest BCUT2D eigenvalue weighted by Gasteiger charge is 2.21. The van der Waals surface area contributed by atoms with E-state index in [-0.39, 0.29) is 5.56 Å². The second-order valence-electron chi connectivity index (χ2n) is 8.96. The van der Waals surface area contributed by atoms with Crippen LogP contribution in [0.4, 0.5) is 17.6 Å². The van der Waals surface area contributed by atoms with Crippen LogP contribution in [-0.2, 0) is 6.42 Å². The fraction of sp³-hybridized carbons (Fsp3) is 0.538. The lowest BCUT2D eigenvalue weighted by Gasteiger charge is -2.28. The van der Waals surface area contributed by atoms with Crippen molar-refractivity contribution in [3.63, 3.8) is 0 Å². The summed E-state index contributed by atoms with van der Waals surface area (Å²) in [6, 6.07) is 4.25. The van der Waals surface area contributed by atoms with Crippen molar-refractivity contribution in [2.75, 3.05) is 0 Å².